The Kier molecular flexibility index (Phi) is 5.34. The van der Waals surface area contributed by atoms with Crippen LogP contribution >= 0.6 is 15.9 Å². The summed E-state index contributed by atoms with van der Waals surface area (Å²) in [4.78, 5) is 15.7. The number of aromatic nitrogens is 1. The third-order valence-electron chi connectivity index (χ3n) is 2.31. The zero-order valence-corrected chi connectivity index (χ0v) is 12.3. The largest absolute Gasteiger partial charge is 0.474 e. The summed E-state index contributed by atoms with van der Waals surface area (Å²) < 4.78 is 10.9. The van der Waals surface area contributed by atoms with E-state index < -0.39 is 5.97 Å². The number of carbonyl (C=O) groups excluding carboxylic acids is 1. The maximum Gasteiger partial charge on any atom is 0.357 e. The molecule has 0 saturated heterocycles. The lowest BCUT2D eigenvalue weighted by atomic mass is 10.2. The molecular weight excluding hydrogens is 298 g/mol. The molecule has 0 saturated carbocycles. The standard InChI is InChI=1S/C13H16BrNO3/c1-5-6-9(3)18-12-8(2)7-10(14)11(15-12)13(16)17-4/h5,7,9H,1,6H2,2-4H3/t9-/m1/s1. The lowest BCUT2D eigenvalue weighted by molar-refractivity contribution is 0.0590. The van der Waals surface area contributed by atoms with Gasteiger partial charge in [-0.05, 0) is 35.8 Å². The van der Waals surface area contributed by atoms with Gasteiger partial charge in [0.25, 0.3) is 0 Å². The molecule has 5 heteroatoms. The molecule has 1 aromatic heterocycles. The second-order valence-corrected chi connectivity index (χ2v) is 4.74. The van der Waals surface area contributed by atoms with Crippen molar-refractivity contribution >= 4 is 21.9 Å². The van der Waals surface area contributed by atoms with E-state index >= 15 is 0 Å². The first-order valence-electron chi connectivity index (χ1n) is 5.52. The predicted octanol–water partition coefficient (Wildman–Crippen LogP) is 3.28. The van der Waals surface area contributed by atoms with Gasteiger partial charge in [-0.3, -0.25) is 0 Å². The first-order chi connectivity index (χ1) is 8.49. The van der Waals surface area contributed by atoms with Gasteiger partial charge in [0.2, 0.25) is 5.88 Å². The number of hydrogen-bond acceptors (Lipinski definition) is 4. The molecule has 0 unspecified atom stereocenters. The monoisotopic (exact) mass is 313 g/mol. The van der Waals surface area contributed by atoms with Crippen molar-refractivity contribution in [1.29, 1.82) is 0 Å². The molecule has 1 atom stereocenters. The summed E-state index contributed by atoms with van der Waals surface area (Å²) in [5.41, 5.74) is 1.06. The molecule has 98 valence electrons. The molecule has 0 aliphatic heterocycles. The lowest BCUT2D eigenvalue weighted by Crippen LogP contribution is -2.14. The van der Waals surface area contributed by atoms with Crippen LogP contribution in [0.5, 0.6) is 5.88 Å². The summed E-state index contributed by atoms with van der Waals surface area (Å²) in [6.45, 7) is 7.44. The Bertz CT molecular complexity index is 460. The molecule has 0 aliphatic rings. The molecule has 1 heterocycles. The maximum absolute atomic E-state index is 11.5. The highest BCUT2D eigenvalue weighted by atomic mass is 79.9. The van der Waals surface area contributed by atoms with Crippen LogP contribution in [0, 0.1) is 6.92 Å². The van der Waals surface area contributed by atoms with Crippen LogP contribution in [0.4, 0.5) is 0 Å². The Morgan fingerprint density at radius 3 is 2.89 bits per heavy atom. The van der Waals surface area contributed by atoms with E-state index in [1.165, 1.54) is 7.11 Å². The second kappa shape index (κ2) is 6.54. The fraction of sp³-hybridized carbons (Fsp3) is 0.385. The molecule has 1 aromatic rings. The first-order valence-corrected chi connectivity index (χ1v) is 6.31. The number of methoxy groups -OCH3 is 1. The van der Waals surface area contributed by atoms with Gasteiger partial charge in [-0.2, -0.15) is 0 Å². The summed E-state index contributed by atoms with van der Waals surface area (Å²) in [5, 5.41) is 0. The van der Waals surface area contributed by atoms with E-state index in [4.69, 9.17) is 4.74 Å². The highest BCUT2D eigenvalue weighted by molar-refractivity contribution is 9.10. The fourth-order valence-corrected chi connectivity index (χ4v) is 1.99. The molecule has 18 heavy (non-hydrogen) atoms. The zero-order chi connectivity index (χ0) is 13.7. The van der Waals surface area contributed by atoms with Gasteiger partial charge < -0.3 is 9.47 Å². The van der Waals surface area contributed by atoms with Gasteiger partial charge in [-0.15, -0.1) is 6.58 Å². The summed E-state index contributed by atoms with van der Waals surface area (Å²) in [7, 11) is 1.32. The van der Waals surface area contributed by atoms with E-state index in [0.717, 1.165) is 5.56 Å². The number of pyridine rings is 1. The Hall–Kier alpha value is -1.36. The number of ether oxygens (including phenoxy) is 2. The molecule has 0 aliphatic carbocycles. The van der Waals surface area contributed by atoms with Crippen LogP contribution in [0.25, 0.3) is 0 Å². The molecule has 0 spiro atoms. The molecule has 1 rings (SSSR count). The number of esters is 1. The summed E-state index contributed by atoms with van der Waals surface area (Å²) in [6.07, 6.45) is 2.45. The minimum Gasteiger partial charge on any atom is -0.474 e. The van der Waals surface area contributed by atoms with Gasteiger partial charge in [-0.1, -0.05) is 6.08 Å². The number of carbonyl (C=O) groups is 1. The fourth-order valence-electron chi connectivity index (χ4n) is 1.40. The lowest BCUT2D eigenvalue weighted by Gasteiger charge is -2.15. The third-order valence-corrected chi connectivity index (χ3v) is 2.91. The van der Waals surface area contributed by atoms with E-state index in [1.807, 2.05) is 13.8 Å². The number of hydrogen-bond donors (Lipinski definition) is 0. The van der Waals surface area contributed by atoms with Gasteiger partial charge >= 0.3 is 5.97 Å². The second-order valence-electron chi connectivity index (χ2n) is 3.89. The molecule has 0 N–H and O–H groups in total. The number of nitrogens with zero attached hydrogens (tertiary/aromatic N) is 1. The molecular formula is C13H16BrNO3. The first kappa shape index (κ1) is 14.7. The molecule has 0 aromatic carbocycles. The Morgan fingerprint density at radius 1 is 1.67 bits per heavy atom. The van der Waals surface area contributed by atoms with Crippen molar-refractivity contribution in [1.82, 2.24) is 4.98 Å². The van der Waals surface area contributed by atoms with E-state index in [2.05, 4.69) is 32.2 Å². The van der Waals surface area contributed by atoms with Crippen LogP contribution in [0.15, 0.2) is 23.2 Å². The van der Waals surface area contributed by atoms with Crippen molar-refractivity contribution in [2.24, 2.45) is 0 Å². The number of halogens is 1. The van der Waals surface area contributed by atoms with Crippen molar-refractivity contribution < 1.29 is 14.3 Å². The van der Waals surface area contributed by atoms with Crippen LogP contribution in [0.2, 0.25) is 0 Å². The maximum atomic E-state index is 11.5. The van der Waals surface area contributed by atoms with Crippen LogP contribution in [0.1, 0.15) is 29.4 Å². The average molecular weight is 314 g/mol. The van der Waals surface area contributed by atoms with E-state index in [9.17, 15) is 4.79 Å². The minimum atomic E-state index is -0.497. The Labute approximate surface area is 115 Å². The van der Waals surface area contributed by atoms with Gasteiger partial charge in [0.15, 0.2) is 5.69 Å². The van der Waals surface area contributed by atoms with Gasteiger partial charge in [-0.25, -0.2) is 9.78 Å². The van der Waals surface area contributed by atoms with Gasteiger partial charge in [0.05, 0.1) is 11.6 Å². The van der Waals surface area contributed by atoms with Gasteiger partial charge in [0, 0.05) is 12.0 Å². The van der Waals surface area contributed by atoms with Crippen molar-refractivity contribution in [3.05, 3.63) is 34.5 Å². The molecule has 0 bridgehead atoms. The van der Waals surface area contributed by atoms with Crippen LogP contribution in [-0.2, 0) is 4.74 Å². The number of rotatable bonds is 5. The SMILES string of the molecule is C=CC[C@@H](C)Oc1nc(C(=O)OC)c(Br)cc1C. The Morgan fingerprint density at radius 2 is 2.33 bits per heavy atom. The van der Waals surface area contributed by atoms with Crippen molar-refractivity contribution in [2.45, 2.75) is 26.4 Å². The van der Waals surface area contributed by atoms with Crippen LogP contribution in [0.3, 0.4) is 0 Å². The van der Waals surface area contributed by atoms with Crippen LogP contribution in [-0.4, -0.2) is 24.2 Å². The number of aryl methyl sites for hydroxylation is 1. The van der Waals surface area contributed by atoms with E-state index in [1.54, 1.807) is 12.1 Å². The third kappa shape index (κ3) is 3.57. The van der Waals surface area contributed by atoms with Crippen molar-refractivity contribution in [3.8, 4) is 5.88 Å². The predicted molar refractivity (Wildman–Crippen MR) is 72.9 cm³/mol. The van der Waals surface area contributed by atoms with Crippen LogP contribution < -0.4 is 4.74 Å². The van der Waals surface area contributed by atoms with E-state index in [-0.39, 0.29) is 11.8 Å². The molecule has 0 amide bonds. The minimum absolute atomic E-state index is 0.0413. The molecule has 4 nitrogen and oxygen atoms in total. The molecule has 0 radical (unpaired) electrons. The summed E-state index contributed by atoms with van der Waals surface area (Å²) >= 11 is 3.28. The smallest absolute Gasteiger partial charge is 0.357 e. The Balaban J connectivity index is 3.04. The topological polar surface area (TPSA) is 48.4 Å². The zero-order valence-electron chi connectivity index (χ0n) is 10.7. The van der Waals surface area contributed by atoms with E-state index in [0.29, 0.717) is 16.8 Å². The summed E-state index contributed by atoms with van der Waals surface area (Å²) in [6, 6.07) is 1.79. The quantitative estimate of drug-likeness (QED) is 0.618. The summed E-state index contributed by atoms with van der Waals surface area (Å²) in [5.74, 6) is -0.0592. The average Bonchev–Trinajstić information content (AvgIpc) is 2.32. The normalized spacial score (nSPS) is 11.8. The van der Waals surface area contributed by atoms with Gasteiger partial charge in [0.1, 0.15) is 6.10 Å². The highest BCUT2D eigenvalue weighted by Gasteiger charge is 2.17. The molecule has 0 fully saturated rings. The van der Waals surface area contributed by atoms with Crippen molar-refractivity contribution in [2.75, 3.05) is 7.11 Å². The highest BCUT2D eigenvalue weighted by Crippen LogP contribution is 2.25. The van der Waals surface area contributed by atoms with Crippen molar-refractivity contribution in [3.63, 3.8) is 0 Å².